The molecule has 0 saturated carbocycles. The predicted octanol–water partition coefficient (Wildman–Crippen LogP) is 1.52. The number of hydrogen-bond acceptors (Lipinski definition) is 7. The number of nitrogens with two attached hydrogens (primary N) is 1. The van der Waals surface area contributed by atoms with Crippen LogP contribution in [0.15, 0.2) is 12.7 Å². The van der Waals surface area contributed by atoms with Crippen molar-refractivity contribution in [2.45, 2.75) is 31.6 Å². The van der Waals surface area contributed by atoms with Crippen LogP contribution >= 0.6 is 19.0 Å². The molecule has 9 nitrogen and oxygen atoms in total. The second-order valence-electron chi connectivity index (χ2n) is 5.41. The van der Waals surface area contributed by atoms with Gasteiger partial charge < -0.3 is 15.4 Å². The standard InChI is InChI=1S/C11H16N5O4PS/c1-11(4-19-21(17,18)22)3-2-7(20-11)16-6-15-8-9(12)13-5-14-10(8)16/h5-7H,2-4H2,1H3,(H2,12,13,14)(H2,17,18,22)/t7-,11?/m1/s1. The smallest absolute Gasteiger partial charge is 0.382 e. The fraction of sp³-hybridized carbons (Fsp3) is 0.545. The van der Waals surface area contributed by atoms with Crippen LogP contribution in [0.2, 0.25) is 0 Å². The van der Waals surface area contributed by atoms with Gasteiger partial charge in [-0.3, -0.25) is 9.09 Å². The van der Waals surface area contributed by atoms with E-state index >= 15 is 0 Å². The largest absolute Gasteiger partial charge is 0.383 e. The topological polar surface area (TPSA) is 125 Å². The molecule has 3 rings (SSSR count). The highest BCUT2D eigenvalue weighted by molar-refractivity contribution is 8.44. The van der Waals surface area contributed by atoms with Gasteiger partial charge in [-0.2, -0.15) is 0 Å². The SMILES string of the molecule is CC1(COP(=O)(O)S)CC[C@H](n2cnc3c(N)ncnc32)O1. The molecule has 0 bridgehead atoms. The Labute approximate surface area is 131 Å². The zero-order chi connectivity index (χ0) is 16.0. The summed E-state index contributed by atoms with van der Waals surface area (Å²) in [5.41, 5.74) is 6.19. The van der Waals surface area contributed by atoms with Crippen molar-refractivity contribution in [3.63, 3.8) is 0 Å². The summed E-state index contributed by atoms with van der Waals surface area (Å²) in [6.45, 7) is -2.03. The zero-order valence-corrected chi connectivity index (χ0v) is 13.6. The molecule has 3 atom stereocenters. The highest BCUT2D eigenvalue weighted by atomic mass is 32.7. The third-order valence-corrected chi connectivity index (χ3v) is 4.39. The maximum absolute atomic E-state index is 11.1. The van der Waals surface area contributed by atoms with Crippen LogP contribution in [-0.2, 0) is 13.8 Å². The molecule has 1 aliphatic rings. The Kier molecular flexibility index (Phi) is 3.90. The van der Waals surface area contributed by atoms with E-state index in [1.54, 1.807) is 10.9 Å². The van der Waals surface area contributed by atoms with Crippen molar-refractivity contribution in [3.8, 4) is 0 Å². The van der Waals surface area contributed by atoms with E-state index in [0.29, 0.717) is 29.8 Å². The van der Waals surface area contributed by atoms with Gasteiger partial charge in [0, 0.05) is 0 Å². The highest BCUT2D eigenvalue weighted by Gasteiger charge is 2.39. The summed E-state index contributed by atoms with van der Waals surface area (Å²) in [5.74, 6) is 0.309. The molecule has 0 amide bonds. The zero-order valence-electron chi connectivity index (χ0n) is 11.8. The van der Waals surface area contributed by atoms with Gasteiger partial charge in [0.15, 0.2) is 11.5 Å². The first-order valence-corrected chi connectivity index (χ1v) is 9.31. The van der Waals surface area contributed by atoms with Gasteiger partial charge in [-0.15, -0.1) is 0 Å². The third kappa shape index (κ3) is 3.11. The Bertz CT molecular complexity index is 749. The van der Waals surface area contributed by atoms with E-state index in [9.17, 15) is 4.57 Å². The van der Waals surface area contributed by atoms with Crippen LogP contribution in [-0.4, -0.2) is 36.6 Å². The van der Waals surface area contributed by atoms with Crippen LogP contribution in [0.3, 0.4) is 0 Å². The van der Waals surface area contributed by atoms with E-state index in [4.69, 9.17) is 19.9 Å². The van der Waals surface area contributed by atoms with Gasteiger partial charge >= 0.3 is 6.80 Å². The van der Waals surface area contributed by atoms with Crippen LogP contribution in [0.5, 0.6) is 0 Å². The van der Waals surface area contributed by atoms with Gasteiger partial charge in [0.25, 0.3) is 0 Å². The fourth-order valence-corrected chi connectivity index (χ4v) is 3.09. The number of nitrogen functional groups attached to an aromatic ring is 1. The van der Waals surface area contributed by atoms with Crippen LogP contribution in [0.1, 0.15) is 26.0 Å². The van der Waals surface area contributed by atoms with Crippen molar-refractivity contribution in [2.24, 2.45) is 0 Å². The molecule has 0 aliphatic carbocycles. The van der Waals surface area contributed by atoms with Gasteiger partial charge in [0.2, 0.25) is 0 Å². The van der Waals surface area contributed by atoms with E-state index in [2.05, 4.69) is 27.2 Å². The number of anilines is 1. The molecule has 120 valence electrons. The summed E-state index contributed by atoms with van der Waals surface area (Å²) >= 11 is 3.49. The number of thiol groups is 1. The van der Waals surface area contributed by atoms with Crippen LogP contribution in [0.4, 0.5) is 5.82 Å². The first kappa shape index (κ1) is 15.7. The summed E-state index contributed by atoms with van der Waals surface area (Å²) in [6, 6.07) is 0. The Morgan fingerprint density at radius 2 is 2.41 bits per heavy atom. The van der Waals surface area contributed by atoms with Crippen LogP contribution in [0.25, 0.3) is 11.2 Å². The van der Waals surface area contributed by atoms with Crippen molar-refractivity contribution in [2.75, 3.05) is 12.3 Å². The van der Waals surface area contributed by atoms with Crippen molar-refractivity contribution >= 4 is 36.0 Å². The average Bonchev–Trinajstić information content (AvgIpc) is 3.01. The van der Waals surface area contributed by atoms with E-state index in [1.807, 2.05) is 6.92 Å². The van der Waals surface area contributed by atoms with Crippen LogP contribution < -0.4 is 5.73 Å². The molecule has 2 aromatic rings. The molecular formula is C11H16N5O4PS. The minimum Gasteiger partial charge on any atom is -0.382 e. The monoisotopic (exact) mass is 345 g/mol. The lowest BCUT2D eigenvalue weighted by Crippen LogP contribution is -2.30. The summed E-state index contributed by atoms with van der Waals surface area (Å²) in [7, 11) is 0. The minimum atomic E-state index is -3.83. The molecule has 0 spiro atoms. The molecule has 3 heterocycles. The summed E-state index contributed by atoms with van der Waals surface area (Å²) < 4.78 is 23.7. The second kappa shape index (κ2) is 5.47. The van der Waals surface area contributed by atoms with Crippen LogP contribution in [0, 0.1) is 0 Å². The number of nitrogens with zero attached hydrogens (tertiary/aromatic N) is 4. The number of imidazole rings is 1. The molecule has 2 unspecified atom stereocenters. The van der Waals surface area contributed by atoms with Crippen molar-refractivity contribution in [1.82, 2.24) is 19.5 Å². The molecule has 1 fully saturated rings. The lowest BCUT2D eigenvalue weighted by Gasteiger charge is -2.25. The first-order valence-electron chi connectivity index (χ1n) is 6.58. The molecular weight excluding hydrogens is 329 g/mol. The van der Waals surface area contributed by atoms with E-state index in [1.165, 1.54) is 6.33 Å². The molecule has 2 aromatic heterocycles. The third-order valence-electron chi connectivity index (χ3n) is 3.58. The first-order chi connectivity index (χ1) is 10.3. The number of hydrogen-bond donors (Lipinski definition) is 3. The molecule has 0 radical (unpaired) electrons. The van der Waals surface area contributed by atoms with Crippen molar-refractivity contribution in [3.05, 3.63) is 12.7 Å². The molecule has 11 heteroatoms. The van der Waals surface area contributed by atoms with Gasteiger partial charge in [-0.05, 0) is 19.8 Å². The summed E-state index contributed by atoms with van der Waals surface area (Å²) in [4.78, 5) is 21.4. The van der Waals surface area contributed by atoms with Gasteiger partial charge in [-0.1, -0.05) is 12.2 Å². The molecule has 1 aliphatic heterocycles. The van der Waals surface area contributed by atoms with Crippen molar-refractivity contribution < 1.29 is 18.7 Å². The average molecular weight is 345 g/mol. The number of aromatic nitrogens is 4. The fourth-order valence-electron chi connectivity index (χ4n) is 2.48. The van der Waals surface area contributed by atoms with E-state index in [-0.39, 0.29) is 12.8 Å². The Hall–Kier alpha value is -1.19. The van der Waals surface area contributed by atoms with Gasteiger partial charge in [-0.25, -0.2) is 19.5 Å². The summed E-state index contributed by atoms with van der Waals surface area (Å²) in [6.07, 6.45) is 4.02. The minimum absolute atomic E-state index is 0.0233. The Morgan fingerprint density at radius 3 is 3.14 bits per heavy atom. The highest BCUT2D eigenvalue weighted by Crippen LogP contribution is 2.49. The number of rotatable bonds is 4. The maximum Gasteiger partial charge on any atom is 0.383 e. The Balaban J connectivity index is 1.79. The normalized spacial score (nSPS) is 28.0. The Morgan fingerprint density at radius 1 is 1.64 bits per heavy atom. The second-order valence-corrected chi connectivity index (χ2v) is 8.16. The van der Waals surface area contributed by atoms with E-state index < -0.39 is 12.4 Å². The van der Waals surface area contributed by atoms with Gasteiger partial charge in [0.1, 0.15) is 18.1 Å². The molecule has 22 heavy (non-hydrogen) atoms. The predicted molar refractivity (Wildman–Crippen MR) is 82.3 cm³/mol. The lowest BCUT2D eigenvalue weighted by molar-refractivity contribution is -0.0809. The lowest BCUT2D eigenvalue weighted by atomic mass is 10.0. The molecule has 1 saturated heterocycles. The van der Waals surface area contributed by atoms with Crippen molar-refractivity contribution in [1.29, 1.82) is 0 Å². The maximum atomic E-state index is 11.1. The summed E-state index contributed by atoms with van der Waals surface area (Å²) in [5, 5.41) is 0. The quantitative estimate of drug-likeness (QED) is 0.562. The van der Waals surface area contributed by atoms with Gasteiger partial charge in [0.05, 0.1) is 18.5 Å². The number of fused-ring (bicyclic) bond motifs is 1. The number of ether oxygens (including phenoxy) is 1. The molecule has 0 aromatic carbocycles. The molecule has 3 N–H and O–H groups in total. The van der Waals surface area contributed by atoms with E-state index in [0.717, 1.165) is 0 Å².